The first-order valence-corrected chi connectivity index (χ1v) is 5.71. The first-order valence-electron chi connectivity index (χ1n) is 5.71. The Bertz CT molecular complexity index is 172. The number of hydrogen-bond donors (Lipinski definition) is 4. The van der Waals surface area contributed by atoms with Gasteiger partial charge in [-0.25, -0.2) is 0 Å². The summed E-state index contributed by atoms with van der Waals surface area (Å²) in [5.41, 5.74) is 22.0. The molecule has 0 radical (unpaired) electrons. The molecule has 0 fully saturated rings. The zero-order valence-corrected chi connectivity index (χ0v) is 9.73. The summed E-state index contributed by atoms with van der Waals surface area (Å²) >= 11 is 0. The van der Waals surface area contributed by atoms with Crippen LogP contribution in [0.15, 0.2) is 0 Å². The fourth-order valence-electron chi connectivity index (χ4n) is 1.29. The normalized spacial score (nSPS) is 14.5. The van der Waals surface area contributed by atoms with E-state index in [4.69, 9.17) is 27.7 Å². The maximum atomic E-state index is 11.3. The van der Waals surface area contributed by atoms with Gasteiger partial charge in [0.1, 0.15) is 0 Å². The maximum Gasteiger partial charge on any atom is 0.308 e. The van der Waals surface area contributed by atoms with Crippen LogP contribution in [0, 0.1) is 0 Å². The van der Waals surface area contributed by atoms with Crippen LogP contribution in [-0.2, 0) is 9.53 Å². The Morgan fingerprint density at radius 3 is 2.19 bits per heavy atom. The SMILES string of the molecule is NCCCC(N)CC(=O)OC(N)CCCN. The van der Waals surface area contributed by atoms with Gasteiger partial charge in [0.15, 0.2) is 6.23 Å². The molecule has 0 aromatic heterocycles. The van der Waals surface area contributed by atoms with E-state index >= 15 is 0 Å². The van der Waals surface area contributed by atoms with Crippen LogP contribution in [0.3, 0.4) is 0 Å². The summed E-state index contributed by atoms with van der Waals surface area (Å²) in [4.78, 5) is 11.3. The van der Waals surface area contributed by atoms with Crippen molar-refractivity contribution in [3.63, 3.8) is 0 Å². The fourth-order valence-corrected chi connectivity index (χ4v) is 1.29. The molecule has 0 amide bonds. The molecule has 0 saturated heterocycles. The largest absolute Gasteiger partial charge is 0.447 e. The summed E-state index contributed by atoms with van der Waals surface area (Å²) < 4.78 is 4.98. The van der Waals surface area contributed by atoms with E-state index in [9.17, 15) is 4.79 Å². The Morgan fingerprint density at radius 1 is 1.06 bits per heavy atom. The predicted octanol–water partition coefficient (Wildman–Crippen LogP) is -0.990. The molecule has 0 bridgehead atoms. The number of carbonyl (C=O) groups excluding carboxylic acids is 1. The number of hydrogen-bond acceptors (Lipinski definition) is 6. The van der Waals surface area contributed by atoms with Gasteiger partial charge in [-0.3, -0.25) is 10.5 Å². The zero-order chi connectivity index (χ0) is 12.4. The molecule has 2 unspecified atom stereocenters. The Hall–Kier alpha value is -0.690. The van der Waals surface area contributed by atoms with Gasteiger partial charge < -0.3 is 21.9 Å². The Morgan fingerprint density at radius 2 is 1.62 bits per heavy atom. The van der Waals surface area contributed by atoms with Crippen LogP contribution in [0.2, 0.25) is 0 Å². The summed E-state index contributed by atoms with van der Waals surface area (Å²) in [5.74, 6) is -0.353. The minimum Gasteiger partial charge on any atom is -0.447 e. The van der Waals surface area contributed by atoms with Crippen LogP contribution in [0.4, 0.5) is 0 Å². The molecule has 0 aromatic carbocycles. The average Bonchev–Trinajstić information content (AvgIpc) is 2.23. The van der Waals surface area contributed by atoms with Crippen molar-refractivity contribution in [3.8, 4) is 0 Å². The lowest BCUT2D eigenvalue weighted by atomic mass is 10.1. The highest BCUT2D eigenvalue weighted by molar-refractivity contribution is 5.70. The van der Waals surface area contributed by atoms with Crippen molar-refractivity contribution in [1.29, 1.82) is 0 Å². The van der Waals surface area contributed by atoms with Gasteiger partial charge in [-0.2, -0.15) is 0 Å². The van der Waals surface area contributed by atoms with E-state index in [0.717, 1.165) is 19.3 Å². The van der Waals surface area contributed by atoms with Crippen LogP contribution in [0.5, 0.6) is 0 Å². The van der Waals surface area contributed by atoms with Crippen molar-refractivity contribution in [2.24, 2.45) is 22.9 Å². The monoisotopic (exact) mass is 232 g/mol. The molecule has 0 aromatic rings. The van der Waals surface area contributed by atoms with Crippen LogP contribution in [0.25, 0.3) is 0 Å². The molecule has 2 atom stereocenters. The van der Waals surface area contributed by atoms with E-state index in [-0.39, 0.29) is 18.4 Å². The third-order valence-electron chi connectivity index (χ3n) is 2.18. The van der Waals surface area contributed by atoms with Crippen molar-refractivity contribution in [3.05, 3.63) is 0 Å². The fraction of sp³-hybridized carbons (Fsp3) is 0.900. The summed E-state index contributed by atoms with van der Waals surface area (Å²) in [6.45, 7) is 1.13. The van der Waals surface area contributed by atoms with Crippen molar-refractivity contribution in [2.45, 2.75) is 44.4 Å². The number of ether oxygens (including phenoxy) is 1. The van der Waals surface area contributed by atoms with Crippen molar-refractivity contribution >= 4 is 5.97 Å². The molecule has 0 spiro atoms. The smallest absolute Gasteiger partial charge is 0.308 e. The van der Waals surface area contributed by atoms with E-state index in [1.54, 1.807) is 0 Å². The van der Waals surface area contributed by atoms with Gasteiger partial charge in [0.2, 0.25) is 0 Å². The van der Waals surface area contributed by atoms with E-state index in [1.807, 2.05) is 0 Å². The summed E-state index contributed by atoms with van der Waals surface area (Å²) in [6, 6.07) is -0.197. The highest BCUT2D eigenvalue weighted by Gasteiger charge is 2.13. The third-order valence-corrected chi connectivity index (χ3v) is 2.18. The van der Waals surface area contributed by atoms with Crippen molar-refractivity contribution in [1.82, 2.24) is 0 Å². The Labute approximate surface area is 96.7 Å². The molecule has 0 saturated carbocycles. The van der Waals surface area contributed by atoms with E-state index in [0.29, 0.717) is 19.5 Å². The van der Waals surface area contributed by atoms with Crippen molar-refractivity contribution < 1.29 is 9.53 Å². The molecular weight excluding hydrogens is 208 g/mol. The summed E-state index contributed by atoms with van der Waals surface area (Å²) in [5, 5.41) is 0. The molecule has 0 aliphatic rings. The molecular formula is C10H24N4O2. The molecule has 0 aliphatic heterocycles. The van der Waals surface area contributed by atoms with E-state index in [2.05, 4.69) is 0 Å². The Kier molecular flexibility index (Phi) is 9.12. The van der Waals surface area contributed by atoms with Gasteiger partial charge in [0.25, 0.3) is 0 Å². The van der Waals surface area contributed by atoms with Crippen LogP contribution in [-0.4, -0.2) is 31.3 Å². The van der Waals surface area contributed by atoms with Crippen LogP contribution in [0.1, 0.15) is 32.1 Å². The van der Waals surface area contributed by atoms with Gasteiger partial charge in [-0.15, -0.1) is 0 Å². The lowest BCUT2D eigenvalue weighted by molar-refractivity contribution is -0.149. The third kappa shape index (κ3) is 8.60. The summed E-state index contributed by atoms with van der Waals surface area (Å²) in [6.07, 6.45) is 2.49. The topological polar surface area (TPSA) is 130 Å². The second-order valence-electron chi connectivity index (χ2n) is 3.85. The molecule has 16 heavy (non-hydrogen) atoms. The van der Waals surface area contributed by atoms with Crippen molar-refractivity contribution in [2.75, 3.05) is 13.1 Å². The summed E-state index contributed by atoms with van der Waals surface area (Å²) in [7, 11) is 0. The molecule has 0 heterocycles. The minimum absolute atomic E-state index is 0.191. The first-order chi connectivity index (χ1) is 7.60. The van der Waals surface area contributed by atoms with Gasteiger partial charge >= 0.3 is 5.97 Å². The zero-order valence-electron chi connectivity index (χ0n) is 9.73. The standard InChI is InChI=1S/C10H24N4O2/c11-5-1-3-8(13)7-10(15)16-9(14)4-2-6-12/h8-9H,1-7,11-14H2. The highest BCUT2D eigenvalue weighted by Crippen LogP contribution is 2.02. The van der Waals surface area contributed by atoms with Crippen LogP contribution < -0.4 is 22.9 Å². The minimum atomic E-state index is -0.572. The van der Waals surface area contributed by atoms with Gasteiger partial charge in [-0.1, -0.05) is 0 Å². The molecule has 6 heteroatoms. The van der Waals surface area contributed by atoms with E-state index < -0.39 is 6.23 Å². The number of carbonyl (C=O) groups is 1. The first kappa shape index (κ1) is 15.3. The molecule has 0 aliphatic carbocycles. The second kappa shape index (κ2) is 9.53. The van der Waals surface area contributed by atoms with Gasteiger partial charge in [0.05, 0.1) is 6.42 Å². The molecule has 8 N–H and O–H groups in total. The molecule has 96 valence electrons. The predicted molar refractivity (Wildman–Crippen MR) is 63.2 cm³/mol. The van der Waals surface area contributed by atoms with Gasteiger partial charge in [-0.05, 0) is 38.8 Å². The average molecular weight is 232 g/mol. The maximum absolute atomic E-state index is 11.3. The quantitative estimate of drug-likeness (QED) is 0.298. The number of nitrogens with two attached hydrogens (primary N) is 4. The number of rotatable bonds is 9. The second-order valence-corrected chi connectivity index (χ2v) is 3.85. The lowest BCUT2D eigenvalue weighted by Gasteiger charge is -2.15. The highest BCUT2D eigenvalue weighted by atomic mass is 16.6. The van der Waals surface area contributed by atoms with E-state index in [1.165, 1.54) is 0 Å². The lowest BCUT2D eigenvalue weighted by Crippen LogP contribution is -2.32. The molecule has 6 nitrogen and oxygen atoms in total. The Balaban J connectivity index is 3.63. The van der Waals surface area contributed by atoms with Crippen LogP contribution >= 0.6 is 0 Å². The number of esters is 1. The van der Waals surface area contributed by atoms with Gasteiger partial charge in [0, 0.05) is 6.04 Å². The molecule has 0 rings (SSSR count).